The molecule has 2 fully saturated rings. The van der Waals surface area contributed by atoms with Crippen molar-refractivity contribution in [3.8, 4) is 48.4 Å². The van der Waals surface area contributed by atoms with Crippen LogP contribution in [0.15, 0.2) is 24.3 Å². The van der Waals surface area contributed by atoms with E-state index in [1.807, 2.05) is 0 Å². The Balaban J connectivity index is 1.83. The Labute approximate surface area is 198 Å². The molecular weight excluding hydrogens is 440 g/mol. The monoisotopic (exact) mass is 466 g/mol. The second kappa shape index (κ2) is 11.5. The molecule has 8 nitrogen and oxygen atoms in total. The van der Waals surface area contributed by atoms with Crippen molar-refractivity contribution < 1.29 is 40.1 Å². The predicted molar refractivity (Wildman–Crippen MR) is 120 cm³/mol. The SMILES string of the molecule is C#C[C@H]1[C@H](O)[C@@H](O)[C@H](C#Cc2ccccc2C#C[C@@H]2O[C@H](CO)[C@@H](C#C)[C@H](O)[C@H]2O)O[C@@H]1CO. The molecule has 2 saturated heterocycles. The molecule has 0 aromatic heterocycles. The molecule has 2 heterocycles. The first-order chi connectivity index (χ1) is 16.4. The maximum atomic E-state index is 10.3. The molecule has 0 amide bonds. The zero-order valence-corrected chi connectivity index (χ0v) is 18.2. The zero-order valence-electron chi connectivity index (χ0n) is 18.2. The van der Waals surface area contributed by atoms with Crippen LogP contribution in [0.2, 0.25) is 0 Å². The summed E-state index contributed by atoms with van der Waals surface area (Å²) >= 11 is 0. The first-order valence-corrected chi connectivity index (χ1v) is 10.7. The molecule has 0 unspecified atom stereocenters. The number of aliphatic hydroxyl groups is 6. The van der Waals surface area contributed by atoms with E-state index in [0.29, 0.717) is 11.1 Å². The topological polar surface area (TPSA) is 140 Å². The fourth-order valence-corrected chi connectivity index (χ4v) is 3.89. The van der Waals surface area contributed by atoms with Gasteiger partial charge in [-0.2, -0.15) is 0 Å². The summed E-state index contributed by atoms with van der Waals surface area (Å²) in [6.07, 6.45) is 1.42. The van der Waals surface area contributed by atoms with Gasteiger partial charge in [-0.25, -0.2) is 0 Å². The Kier molecular flexibility index (Phi) is 8.72. The number of terminal acetylenes is 2. The predicted octanol–water partition coefficient (Wildman–Crippen LogP) is -2.15. The van der Waals surface area contributed by atoms with Crippen molar-refractivity contribution in [1.29, 1.82) is 0 Å². The van der Waals surface area contributed by atoms with Gasteiger partial charge in [0, 0.05) is 11.1 Å². The number of hydrogen-bond donors (Lipinski definition) is 6. The van der Waals surface area contributed by atoms with Crippen LogP contribution in [-0.4, -0.2) is 92.7 Å². The van der Waals surface area contributed by atoms with Crippen LogP contribution < -0.4 is 0 Å². The molecule has 0 radical (unpaired) electrons. The van der Waals surface area contributed by atoms with Gasteiger partial charge in [0.15, 0.2) is 0 Å². The van der Waals surface area contributed by atoms with Crippen molar-refractivity contribution in [3.05, 3.63) is 35.4 Å². The maximum absolute atomic E-state index is 10.3. The van der Waals surface area contributed by atoms with Crippen LogP contribution >= 0.6 is 0 Å². The summed E-state index contributed by atoms with van der Waals surface area (Å²) in [7, 11) is 0. The zero-order chi connectivity index (χ0) is 24.8. The Morgan fingerprint density at radius 2 is 1.06 bits per heavy atom. The van der Waals surface area contributed by atoms with Crippen LogP contribution in [0.25, 0.3) is 0 Å². The van der Waals surface area contributed by atoms with E-state index in [1.165, 1.54) is 0 Å². The van der Waals surface area contributed by atoms with E-state index >= 15 is 0 Å². The third-order valence-corrected chi connectivity index (χ3v) is 5.87. The van der Waals surface area contributed by atoms with Crippen LogP contribution in [0.5, 0.6) is 0 Å². The van der Waals surface area contributed by atoms with Crippen molar-refractivity contribution >= 4 is 0 Å². The van der Waals surface area contributed by atoms with Crippen molar-refractivity contribution in [2.45, 2.75) is 48.8 Å². The summed E-state index contributed by atoms with van der Waals surface area (Å²) in [5, 5.41) is 60.1. The van der Waals surface area contributed by atoms with Gasteiger partial charge in [-0.1, -0.05) is 47.7 Å². The van der Waals surface area contributed by atoms with E-state index in [-0.39, 0.29) is 0 Å². The van der Waals surface area contributed by atoms with Gasteiger partial charge in [0.1, 0.15) is 24.4 Å². The molecule has 6 N–H and O–H groups in total. The lowest BCUT2D eigenvalue weighted by molar-refractivity contribution is -0.177. The highest BCUT2D eigenvalue weighted by molar-refractivity contribution is 5.51. The lowest BCUT2D eigenvalue weighted by atomic mass is 9.87. The molecule has 0 saturated carbocycles. The number of benzene rings is 1. The molecule has 2 aliphatic heterocycles. The highest BCUT2D eigenvalue weighted by Crippen LogP contribution is 2.27. The average molecular weight is 466 g/mol. The summed E-state index contributed by atoms with van der Waals surface area (Å²) < 4.78 is 11.2. The molecule has 10 atom stereocenters. The van der Waals surface area contributed by atoms with Gasteiger partial charge in [0.25, 0.3) is 0 Å². The van der Waals surface area contributed by atoms with Crippen LogP contribution in [0, 0.1) is 60.2 Å². The van der Waals surface area contributed by atoms with Gasteiger partial charge in [-0.15, -0.1) is 12.8 Å². The molecule has 8 heteroatoms. The summed E-state index contributed by atoms with van der Waals surface area (Å²) in [5.41, 5.74) is 0.928. The average Bonchev–Trinajstić information content (AvgIpc) is 2.85. The Bertz CT molecular complexity index is 975. The largest absolute Gasteiger partial charge is 0.394 e. The van der Waals surface area contributed by atoms with Gasteiger partial charge >= 0.3 is 0 Å². The van der Waals surface area contributed by atoms with Gasteiger partial charge in [-0.3, -0.25) is 0 Å². The van der Waals surface area contributed by atoms with E-state index in [1.54, 1.807) is 24.3 Å². The minimum Gasteiger partial charge on any atom is -0.394 e. The molecule has 178 valence electrons. The summed E-state index contributed by atoms with van der Waals surface area (Å²) in [4.78, 5) is 0. The van der Waals surface area contributed by atoms with Crippen LogP contribution in [-0.2, 0) is 9.47 Å². The van der Waals surface area contributed by atoms with Gasteiger partial charge in [-0.05, 0) is 12.1 Å². The first-order valence-electron chi connectivity index (χ1n) is 10.7. The van der Waals surface area contributed by atoms with E-state index < -0.39 is 73.9 Å². The van der Waals surface area contributed by atoms with Crippen LogP contribution in [0.4, 0.5) is 0 Å². The summed E-state index contributed by atoms with van der Waals surface area (Å²) in [6, 6.07) is 6.80. The molecule has 0 aliphatic carbocycles. The first kappa shape index (κ1) is 25.8. The van der Waals surface area contributed by atoms with Crippen molar-refractivity contribution in [2.24, 2.45) is 11.8 Å². The highest BCUT2D eigenvalue weighted by atomic mass is 16.5. The number of hydrogen-bond acceptors (Lipinski definition) is 8. The van der Waals surface area contributed by atoms with Gasteiger partial charge in [0.05, 0.1) is 49.5 Å². The number of aliphatic hydroxyl groups excluding tert-OH is 6. The van der Waals surface area contributed by atoms with Crippen molar-refractivity contribution in [1.82, 2.24) is 0 Å². The Hall–Kier alpha value is -2.86. The lowest BCUT2D eigenvalue weighted by Gasteiger charge is -2.38. The molecule has 1 aromatic rings. The quantitative estimate of drug-likeness (QED) is 0.271. The molecule has 0 bridgehead atoms. The minimum atomic E-state index is -1.37. The smallest absolute Gasteiger partial charge is 0.147 e. The van der Waals surface area contributed by atoms with E-state index in [9.17, 15) is 30.6 Å². The fourth-order valence-electron chi connectivity index (χ4n) is 3.89. The van der Waals surface area contributed by atoms with E-state index in [0.717, 1.165) is 0 Å². The van der Waals surface area contributed by atoms with Crippen molar-refractivity contribution in [3.63, 3.8) is 0 Å². The summed E-state index contributed by atoms with van der Waals surface area (Å²) in [5.74, 6) is 14.1. The van der Waals surface area contributed by atoms with Gasteiger partial charge < -0.3 is 40.1 Å². The molecule has 1 aromatic carbocycles. The van der Waals surface area contributed by atoms with E-state index in [4.69, 9.17) is 22.3 Å². The number of rotatable bonds is 2. The van der Waals surface area contributed by atoms with Crippen LogP contribution in [0.3, 0.4) is 0 Å². The molecule has 34 heavy (non-hydrogen) atoms. The fraction of sp³-hybridized carbons (Fsp3) is 0.462. The van der Waals surface area contributed by atoms with Gasteiger partial charge in [0.2, 0.25) is 0 Å². The number of ether oxygens (including phenoxy) is 2. The molecule has 0 spiro atoms. The Morgan fingerprint density at radius 1 is 0.676 bits per heavy atom. The van der Waals surface area contributed by atoms with Crippen LogP contribution in [0.1, 0.15) is 11.1 Å². The van der Waals surface area contributed by atoms with E-state index in [2.05, 4.69) is 35.5 Å². The molecular formula is C26H26O8. The molecule has 3 rings (SSSR count). The third-order valence-electron chi connectivity index (χ3n) is 5.87. The lowest BCUT2D eigenvalue weighted by Crippen LogP contribution is -2.54. The third kappa shape index (κ3) is 5.27. The minimum absolute atomic E-state index is 0.441. The molecule has 2 aliphatic rings. The second-order valence-electron chi connectivity index (χ2n) is 7.99. The highest BCUT2D eigenvalue weighted by Gasteiger charge is 2.43. The maximum Gasteiger partial charge on any atom is 0.147 e. The van der Waals surface area contributed by atoms with Crippen molar-refractivity contribution in [2.75, 3.05) is 13.2 Å². The summed E-state index contributed by atoms with van der Waals surface area (Å²) in [6.45, 7) is -0.881. The Morgan fingerprint density at radius 3 is 1.38 bits per heavy atom. The second-order valence-corrected chi connectivity index (χ2v) is 7.99. The normalized spacial score (nSPS) is 37.2. The standard InChI is InChI=1S/C26H26O8/c1-3-17-21(13-27)33-19(25(31)23(17)29)11-9-15-7-5-6-8-16(15)10-12-20-26(32)24(30)18(4-2)22(14-28)34-20/h1-2,5-8,17-32H,13-14H2/t17-,18-,19+,20+,21-,22-,23+,24+,25+,26+/m1/s1.